The molecule has 0 atom stereocenters. The minimum Gasteiger partial charge on any atom is -0.382 e. The van der Waals surface area contributed by atoms with Gasteiger partial charge in [0.1, 0.15) is 5.82 Å². The van der Waals surface area contributed by atoms with Crippen LogP contribution in [0.5, 0.6) is 0 Å². The molecule has 24 heavy (non-hydrogen) atoms. The Labute approximate surface area is 147 Å². The van der Waals surface area contributed by atoms with Crippen LogP contribution in [0.25, 0.3) is 0 Å². The van der Waals surface area contributed by atoms with Crippen molar-refractivity contribution in [1.82, 2.24) is 9.88 Å². The number of amides is 2. The Kier molecular flexibility index (Phi) is 7.46. The molecule has 0 bridgehead atoms. The van der Waals surface area contributed by atoms with E-state index in [1.807, 2.05) is 11.8 Å². The number of hydrogen-bond acceptors (Lipinski definition) is 4. The summed E-state index contributed by atoms with van der Waals surface area (Å²) in [6.07, 6.45) is 4.11. The zero-order chi connectivity index (χ0) is 17.4. The molecule has 2 heterocycles. The molecule has 1 N–H and O–H groups in total. The zero-order valence-electron chi connectivity index (χ0n) is 14.0. The van der Waals surface area contributed by atoms with Crippen LogP contribution in [0.4, 0.5) is 5.82 Å². The molecule has 6 nitrogen and oxygen atoms in total. The highest BCUT2D eigenvalue weighted by Crippen LogP contribution is 2.20. The van der Waals surface area contributed by atoms with Crippen LogP contribution in [-0.2, 0) is 14.3 Å². The van der Waals surface area contributed by atoms with Crippen LogP contribution in [0.3, 0.4) is 0 Å². The van der Waals surface area contributed by atoms with Crippen LogP contribution in [0, 0.1) is 5.92 Å². The van der Waals surface area contributed by atoms with Gasteiger partial charge in [0.05, 0.1) is 5.02 Å². The second kappa shape index (κ2) is 9.59. The third-order valence-corrected chi connectivity index (χ3v) is 4.30. The first kappa shape index (κ1) is 18.7. The Morgan fingerprint density at radius 2 is 2.12 bits per heavy atom. The van der Waals surface area contributed by atoms with Gasteiger partial charge in [-0.2, -0.15) is 0 Å². The molecule has 132 valence electrons. The number of nitrogens with zero attached hydrogens (tertiary/aromatic N) is 2. The van der Waals surface area contributed by atoms with Crippen LogP contribution in [0.1, 0.15) is 32.6 Å². The van der Waals surface area contributed by atoms with Crippen molar-refractivity contribution in [2.75, 3.05) is 31.6 Å². The number of pyridine rings is 1. The summed E-state index contributed by atoms with van der Waals surface area (Å²) in [6.45, 7) is 4.49. The highest BCUT2D eigenvalue weighted by molar-refractivity contribution is 6.30. The van der Waals surface area contributed by atoms with Crippen molar-refractivity contribution in [3.8, 4) is 0 Å². The number of carbonyl (C=O) groups excluding carboxylic acids is 2. The number of anilines is 1. The lowest BCUT2D eigenvalue weighted by Crippen LogP contribution is -2.41. The van der Waals surface area contributed by atoms with Crippen LogP contribution in [-0.4, -0.2) is 48.0 Å². The minimum absolute atomic E-state index is 0.0479. The van der Waals surface area contributed by atoms with Crippen molar-refractivity contribution in [3.05, 3.63) is 23.4 Å². The molecular weight excluding hydrogens is 330 g/mol. The van der Waals surface area contributed by atoms with Gasteiger partial charge in [-0.25, -0.2) is 4.98 Å². The van der Waals surface area contributed by atoms with E-state index in [2.05, 4.69) is 10.3 Å². The van der Waals surface area contributed by atoms with Gasteiger partial charge in [0.25, 0.3) is 0 Å². The first-order valence-electron chi connectivity index (χ1n) is 8.38. The summed E-state index contributed by atoms with van der Waals surface area (Å²) < 4.78 is 5.25. The van der Waals surface area contributed by atoms with Gasteiger partial charge < -0.3 is 15.0 Å². The molecule has 2 amide bonds. The third-order valence-electron chi connectivity index (χ3n) is 4.08. The molecule has 0 aromatic carbocycles. The fourth-order valence-electron chi connectivity index (χ4n) is 2.70. The maximum Gasteiger partial charge on any atom is 0.228 e. The van der Waals surface area contributed by atoms with Gasteiger partial charge in [-0.1, -0.05) is 11.6 Å². The van der Waals surface area contributed by atoms with E-state index in [1.165, 1.54) is 6.20 Å². The van der Waals surface area contributed by atoms with E-state index in [9.17, 15) is 9.59 Å². The van der Waals surface area contributed by atoms with Crippen molar-refractivity contribution >= 4 is 29.2 Å². The summed E-state index contributed by atoms with van der Waals surface area (Å²) in [5, 5.41) is 3.33. The van der Waals surface area contributed by atoms with E-state index in [1.54, 1.807) is 12.1 Å². The number of piperidine rings is 1. The molecule has 2 rings (SSSR count). The Bertz CT molecular complexity index is 543. The van der Waals surface area contributed by atoms with Crippen molar-refractivity contribution in [2.45, 2.75) is 32.6 Å². The van der Waals surface area contributed by atoms with Crippen molar-refractivity contribution in [2.24, 2.45) is 5.92 Å². The Morgan fingerprint density at radius 1 is 1.38 bits per heavy atom. The molecule has 7 heteroatoms. The third kappa shape index (κ3) is 5.76. The number of ether oxygens (including phenoxy) is 1. The van der Waals surface area contributed by atoms with E-state index in [-0.39, 0.29) is 17.7 Å². The van der Waals surface area contributed by atoms with Gasteiger partial charge in [0.15, 0.2) is 0 Å². The number of rotatable bonds is 7. The van der Waals surface area contributed by atoms with Gasteiger partial charge in [-0.3, -0.25) is 9.59 Å². The average Bonchev–Trinajstić information content (AvgIpc) is 2.60. The second-order valence-electron chi connectivity index (χ2n) is 5.81. The zero-order valence-corrected chi connectivity index (χ0v) is 14.7. The fourth-order valence-corrected chi connectivity index (χ4v) is 2.81. The highest BCUT2D eigenvalue weighted by atomic mass is 35.5. The number of hydrogen-bond donors (Lipinski definition) is 1. The van der Waals surface area contributed by atoms with E-state index in [0.717, 1.165) is 6.42 Å². The summed E-state index contributed by atoms with van der Waals surface area (Å²) in [5.74, 6) is 0.509. The smallest absolute Gasteiger partial charge is 0.228 e. The number of halogens is 1. The Balaban J connectivity index is 1.72. The molecule has 0 saturated carbocycles. The van der Waals surface area contributed by atoms with Crippen LogP contribution < -0.4 is 5.32 Å². The molecule has 1 aliphatic heterocycles. The SMILES string of the molecule is CCOCCCC(=O)N1CCC(C(=O)Nc2ccc(Cl)cn2)CC1. The molecular formula is C17H24ClN3O3. The number of aromatic nitrogens is 1. The van der Waals surface area contributed by atoms with E-state index in [4.69, 9.17) is 16.3 Å². The summed E-state index contributed by atoms with van der Waals surface area (Å²) >= 11 is 5.78. The second-order valence-corrected chi connectivity index (χ2v) is 6.24. The summed E-state index contributed by atoms with van der Waals surface area (Å²) in [7, 11) is 0. The monoisotopic (exact) mass is 353 g/mol. The Hall–Kier alpha value is -1.66. The van der Waals surface area contributed by atoms with Gasteiger partial charge in [0, 0.05) is 44.8 Å². The van der Waals surface area contributed by atoms with Gasteiger partial charge in [0.2, 0.25) is 11.8 Å². The lowest BCUT2D eigenvalue weighted by atomic mass is 9.95. The molecule has 0 spiro atoms. The number of nitrogens with one attached hydrogen (secondary N) is 1. The first-order chi connectivity index (χ1) is 11.6. The highest BCUT2D eigenvalue weighted by Gasteiger charge is 2.27. The predicted octanol–water partition coefficient (Wildman–Crippen LogP) is 2.73. The number of likely N-dealkylation sites (tertiary alicyclic amines) is 1. The summed E-state index contributed by atoms with van der Waals surface area (Å²) in [4.78, 5) is 30.3. The topological polar surface area (TPSA) is 71.5 Å². The van der Waals surface area contributed by atoms with Crippen LogP contribution >= 0.6 is 11.6 Å². The summed E-state index contributed by atoms with van der Waals surface area (Å²) in [5.41, 5.74) is 0. The van der Waals surface area contributed by atoms with Gasteiger partial charge in [-0.05, 0) is 38.3 Å². The normalized spacial score (nSPS) is 15.3. The Morgan fingerprint density at radius 3 is 2.75 bits per heavy atom. The fraction of sp³-hybridized carbons (Fsp3) is 0.588. The molecule has 0 aliphatic carbocycles. The maximum absolute atomic E-state index is 12.3. The molecule has 0 radical (unpaired) electrons. The maximum atomic E-state index is 12.3. The van der Waals surface area contributed by atoms with Gasteiger partial charge in [-0.15, -0.1) is 0 Å². The predicted molar refractivity (Wildman–Crippen MR) is 92.9 cm³/mol. The molecule has 1 fully saturated rings. The standard InChI is InChI=1S/C17H24ClN3O3/c1-2-24-11-3-4-16(22)21-9-7-13(8-10-21)17(23)20-15-6-5-14(18)12-19-15/h5-6,12-13H,2-4,7-11H2,1H3,(H,19,20,23). The van der Waals surface area contributed by atoms with Crippen molar-refractivity contribution in [3.63, 3.8) is 0 Å². The van der Waals surface area contributed by atoms with Gasteiger partial charge >= 0.3 is 0 Å². The average molecular weight is 354 g/mol. The summed E-state index contributed by atoms with van der Waals surface area (Å²) in [6, 6.07) is 3.37. The van der Waals surface area contributed by atoms with E-state index < -0.39 is 0 Å². The largest absolute Gasteiger partial charge is 0.382 e. The van der Waals surface area contributed by atoms with Crippen LogP contribution in [0.15, 0.2) is 18.3 Å². The lowest BCUT2D eigenvalue weighted by Gasteiger charge is -2.31. The van der Waals surface area contributed by atoms with Crippen LogP contribution in [0.2, 0.25) is 5.02 Å². The molecule has 1 aromatic rings. The lowest BCUT2D eigenvalue weighted by molar-refractivity contribution is -0.134. The molecule has 1 aromatic heterocycles. The minimum atomic E-state index is -0.0880. The van der Waals surface area contributed by atoms with Crippen molar-refractivity contribution in [1.29, 1.82) is 0 Å². The quantitative estimate of drug-likeness (QED) is 0.765. The molecule has 1 aliphatic rings. The molecule has 1 saturated heterocycles. The van der Waals surface area contributed by atoms with E-state index in [0.29, 0.717) is 56.4 Å². The van der Waals surface area contributed by atoms with E-state index >= 15 is 0 Å². The molecule has 0 unspecified atom stereocenters. The first-order valence-corrected chi connectivity index (χ1v) is 8.76. The van der Waals surface area contributed by atoms with Crippen molar-refractivity contribution < 1.29 is 14.3 Å². The number of carbonyl (C=O) groups is 2.